The summed E-state index contributed by atoms with van der Waals surface area (Å²) in [7, 11) is 0. The molecule has 0 fully saturated rings. The SMILES string of the molecule is CCCN(C(=O)Cl)C(=O)Cl. The maximum atomic E-state index is 10.4. The van der Waals surface area contributed by atoms with E-state index >= 15 is 0 Å². The number of hydrogen-bond donors (Lipinski definition) is 0. The van der Waals surface area contributed by atoms with Crippen molar-refractivity contribution in [3.63, 3.8) is 0 Å². The van der Waals surface area contributed by atoms with Gasteiger partial charge in [-0.25, -0.2) is 0 Å². The molecule has 0 saturated carbocycles. The van der Waals surface area contributed by atoms with Crippen molar-refractivity contribution in [3.05, 3.63) is 0 Å². The van der Waals surface area contributed by atoms with Crippen LogP contribution in [0.5, 0.6) is 0 Å². The molecule has 0 unspecified atom stereocenters. The van der Waals surface area contributed by atoms with E-state index in [2.05, 4.69) is 0 Å². The van der Waals surface area contributed by atoms with E-state index in [1.54, 1.807) is 0 Å². The lowest BCUT2D eigenvalue weighted by atomic mass is 10.5. The van der Waals surface area contributed by atoms with Crippen LogP contribution < -0.4 is 0 Å². The second-order valence-corrected chi connectivity index (χ2v) is 2.30. The number of hydrogen-bond acceptors (Lipinski definition) is 2. The number of amides is 2. The van der Waals surface area contributed by atoms with Gasteiger partial charge in [-0.2, -0.15) is 0 Å². The van der Waals surface area contributed by atoms with Crippen molar-refractivity contribution in [1.82, 2.24) is 4.90 Å². The molecule has 3 nitrogen and oxygen atoms in total. The summed E-state index contributed by atoms with van der Waals surface area (Å²) in [4.78, 5) is 21.5. The standard InChI is InChI=1S/C5H7Cl2NO2/c1-2-3-8(4(6)9)5(7)10/h2-3H2,1H3. The number of imide groups is 1. The first-order valence-electron chi connectivity index (χ1n) is 2.76. The second-order valence-electron chi connectivity index (χ2n) is 1.66. The number of rotatable bonds is 2. The lowest BCUT2D eigenvalue weighted by molar-refractivity contribution is 0.214. The molecule has 0 N–H and O–H groups in total. The van der Waals surface area contributed by atoms with Crippen LogP contribution in [0.4, 0.5) is 9.59 Å². The van der Waals surface area contributed by atoms with Gasteiger partial charge in [0.1, 0.15) is 0 Å². The molecular weight excluding hydrogens is 177 g/mol. The largest absolute Gasteiger partial charge is 0.323 e. The van der Waals surface area contributed by atoms with Crippen molar-refractivity contribution in [2.24, 2.45) is 0 Å². The Labute approximate surface area is 68.9 Å². The molecule has 0 bridgehead atoms. The molecule has 0 atom stereocenters. The van der Waals surface area contributed by atoms with Crippen molar-refractivity contribution in [3.8, 4) is 0 Å². The summed E-state index contributed by atoms with van der Waals surface area (Å²) in [5, 5.41) is -1.66. The fraction of sp³-hybridized carbons (Fsp3) is 0.600. The molecule has 0 aliphatic heterocycles. The first-order valence-corrected chi connectivity index (χ1v) is 3.51. The van der Waals surface area contributed by atoms with E-state index in [0.717, 1.165) is 4.90 Å². The van der Waals surface area contributed by atoms with Crippen LogP contribution in [0.3, 0.4) is 0 Å². The van der Waals surface area contributed by atoms with Gasteiger partial charge in [0.2, 0.25) is 0 Å². The zero-order chi connectivity index (χ0) is 8.15. The van der Waals surface area contributed by atoms with Gasteiger partial charge in [-0.15, -0.1) is 0 Å². The monoisotopic (exact) mass is 183 g/mol. The molecule has 0 aliphatic rings. The molecule has 10 heavy (non-hydrogen) atoms. The van der Waals surface area contributed by atoms with E-state index < -0.39 is 10.7 Å². The van der Waals surface area contributed by atoms with E-state index in [1.807, 2.05) is 6.92 Å². The van der Waals surface area contributed by atoms with E-state index in [-0.39, 0.29) is 6.54 Å². The van der Waals surface area contributed by atoms with Crippen LogP contribution in [0.1, 0.15) is 13.3 Å². The zero-order valence-electron chi connectivity index (χ0n) is 5.43. The average Bonchev–Trinajstić information content (AvgIpc) is 1.81. The topological polar surface area (TPSA) is 37.4 Å². The highest BCUT2D eigenvalue weighted by Gasteiger charge is 2.15. The van der Waals surface area contributed by atoms with E-state index in [1.165, 1.54) is 0 Å². The number of halogens is 2. The Morgan fingerprint density at radius 3 is 1.80 bits per heavy atom. The van der Waals surface area contributed by atoms with Crippen molar-refractivity contribution >= 4 is 33.9 Å². The summed E-state index contributed by atoms with van der Waals surface area (Å²) < 4.78 is 0. The first-order chi connectivity index (χ1) is 4.59. The van der Waals surface area contributed by atoms with Crippen LogP contribution in [0, 0.1) is 0 Å². The zero-order valence-corrected chi connectivity index (χ0v) is 6.95. The Hall–Kier alpha value is -0.280. The molecule has 58 valence electrons. The molecule has 0 aromatic carbocycles. The Morgan fingerprint density at radius 2 is 1.70 bits per heavy atom. The van der Waals surface area contributed by atoms with Crippen LogP contribution in [-0.2, 0) is 0 Å². The second kappa shape index (κ2) is 4.52. The van der Waals surface area contributed by atoms with Crippen LogP contribution in [0.25, 0.3) is 0 Å². The smallest absolute Gasteiger partial charge is 0.255 e. The maximum absolute atomic E-state index is 10.4. The molecule has 5 heteroatoms. The molecule has 0 aromatic rings. The van der Waals surface area contributed by atoms with Gasteiger partial charge >= 0.3 is 10.7 Å². The molecule has 0 aromatic heterocycles. The van der Waals surface area contributed by atoms with Gasteiger partial charge in [0.15, 0.2) is 0 Å². The van der Waals surface area contributed by atoms with Gasteiger partial charge in [-0.05, 0) is 29.6 Å². The lowest BCUT2D eigenvalue weighted by Crippen LogP contribution is -2.29. The maximum Gasteiger partial charge on any atom is 0.323 e. The van der Waals surface area contributed by atoms with E-state index in [4.69, 9.17) is 23.2 Å². The van der Waals surface area contributed by atoms with E-state index in [0.29, 0.717) is 6.42 Å². The molecule has 0 spiro atoms. The number of carbonyl (C=O) groups is 2. The highest BCUT2D eigenvalue weighted by molar-refractivity contribution is 6.70. The van der Waals surface area contributed by atoms with Gasteiger partial charge in [0.05, 0.1) is 0 Å². The minimum Gasteiger partial charge on any atom is -0.255 e. The fourth-order valence-corrected chi connectivity index (χ4v) is 0.834. The first kappa shape index (κ1) is 9.72. The highest BCUT2D eigenvalue weighted by atomic mass is 35.5. The molecule has 0 radical (unpaired) electrons. The van der Waals surface area contributed by atoms with E-state index in [9.17, 15) is 9.59 Å². The molecule has 0 heterocycles. The molecule has 2 amide bonds. The molecule has 0 saturated heterocycles. The Kier molecular flexibility index (Phi) is 4.40. The van der Waals surface area contributed by atoms with Crippen molar-refractivity contribution in [1.29, 1.82) is 0 Å². The third-order valence-corrected chi connectivity index (χ3v) is 1.28. The predicted octanol–water partition coefficient (Wildman–Crippen LogP) is 2.42. The third kappa shape index (κ3) is 3.03. The summed E-state index contributed by atoms with van der Waals surface area (Å²) >= 11 is 10.00. The third-order valence-electron chi connectivity index (χ3n) is 0.872. The van der Waals surface area contributed by atoms with Crippen molar-refractivity contribution in [2.45, 2.75) is 13.3 Å². The summed E-state index contributed by atoms with van der Waals surface area (Å²) in [6, 6.07) is 0. The number of carbonyl (C=O) groups excluding carboxylic acids is 2. The molecule has 0 aliphatic carbocycles. The van der Waals surface area contributed by atoms with Crippen molar-refractivity contribution < 1.29 is 9.59 Å². The van der Waals surface area contributed by atoms with Gasteiger partial charge in [0.25, 0.3) is 0 Å². The minimum absolute atomic E-state index is 0.269. The van der Waals surface area contributed by atoms with Crippen LogP contribution in [-0.4, -0.2) is 22.2 Å². The normalized spacial score (nSPS) is 9.10. The number of nitrogens with zero attached hydrogens (tertiary/aromatic N) is 1. The summed E-state index contributed by atoms with van der Waals surface area (Å²) in [5.74, 6) is 0. The minimum atomic E-state index is -0.832. The Balaban J connectivity index is 3.98. The Morgan fingerprint density at radius 1 is 1.30 bits per heavy atom. The van der Waals surface area contributed by atoms with Crippen LogP contribution in [0.15, 0.2) is 0 Å². The molecule has 0 rings (SSSR count). The average molecular weight is 184 g/mol. The summed E-state index contributed by atoms with van der Waals surface area (Å²) in [6.45, 7) is 2.08. The van der Waals surface area contributed by atoms with Gasteiger partial charge in [0, 0.05) is 6.54 Å². The highest BCUT2D eigenvalue weighted by Crippen LogP contribution is 2.02. The quantitative estimate of drug-likeness (QED) is 0.488. The lowest BCUT2D eigenvalue weighted by Gasteiger charge is -2.11. The van der Waals surface area contributed by atoms with Gasteiger partial charge in [-0.3, -0.25) is 14.5 Å². The van der Waals surface area contributed by atoms with Gasteiger partial charge in [-0.1, -0.05) is 6.92 Å². The van der Waals surface area contributed by atoms with Crippen molar-refractivity contribution in [2.75, 3.05) is 6.54 Å². The van der Waals surface area contributed by atoms with Crippen LogP contribution in [0.2, 0.25) is 0 Å². The summed E-state index contributed by atoms with van der Waals surface area (Å²) in [5.41, 5.74) is 0. The van der Waals surface area contributed by atoms with Crippen LogP contribution >= 0.6 is 23.2 Å². The van der Waals surface area contributed by atoms with Gasteiger partial charge < -0.3 is 0 Å². The molecular formula is C5H7Cl2NO2. The Bertz CT molecular complexity index is 135. The predicted molar refractivity (Wildman–Crippen MR) is 39.5 cm³/mol. The fourth-order valence-electron chi connectivity index (χ4n) is 0.469. The summed E-state index contributed by atoms with van der Waals surface area (Å²) in [6.07, 6.45) is 0.650.